The molecule has 6 heteroatoms. The number of ether oxygens (including phenoxy) is 1. The maximum Gasteiger partial charge on any atom is 0.323 e. The number of hydrogen-bond donors (Lipinski definition) is 1. The van der Waals surface area contributed by atoms with Crippen LogP contribution >= 0.6 is 0 Å². The largest absolute Gasteiger partial charge is 0.459 e. The minimum atomic E-state index is -0.619. The fourth-order valence-corrected chi connectivity index (χ4v) is 5.01. The molecule has 1 aliphatic heterocycles. The van der Waals surface area contributed by atoms with Crippen molar-refractivity contribution in [3.05, 3.63) is 35.9 Å². The third-order valence-corrected chi connectivity index (χ3v) is 6.62. The van der Waals surface area contributed by atoms with Crippen molar-refractivity contribution in [1.29, 1.82) is 0 Å². The molecule has 184 valence electrons. The number of benzene rings is 1. The van der Waals surface area contributed by atoms with Gasteiger partial charge in [0.1, 0.15) is 17.4 Å². The van der Waals surface area contributed by atoms with Crippen LogP contribution in [0.3, 0.4) is 0 Å². The number of hydrogen-bond acceptors (Lipinski definition) is 5. The van der Waals surface area contributed by atoms with Gasteiger partial charge in [0.25, 0.3) is 0 Å². The Hall–Kier alpha value is -2.21. The van der Waals surface area contributed by atoms with Crippen LogP contribution in [0.15, 0.2) is 30.3 Å². The van der Waals surface area contributed by atoms with Crippen LogP contribution in [0.1, 0.15) is 79.7 Å². The van der Waals surface area contributed by atoms with Gasteiger partial charge < -0.3 is 10.1 Å². The van der Waals surface area contributed by atoms with E-state index in [2.05, 4.69) is 24.1 Å². The second kappa shape index (κ2) is 11.8. The van der Waals surface area contributed by atoms with Crippen molar-refractivity contribution < 1.29 is 19.1 Å². The van der Waals surface area contributed by atoms with Gasteiger partial charge in [-0.05, 0) is 52.0 Å². The summed E-state index contributed by atoms with van der Waals surface area (Å²) in [5, 5.41) is 3.14. The van der Waals surface area contributed by atoms with E-state index < -0.39 is 11.6 Å². The number of ketones is 1. The zero-order valence-electron chi connectivity index (χ0n) is 21.4. The smallest absolute Gasteiger partial charge is 0.323 e. The highest BCUT2D eigenvalue weighted by Crippen LogP contribution is 2.37. The molecule has 0 saturated carbocycles. The standard InChI is InChI=1S/C27H42N2O4/c1-8-20(9-2)15-23(28-19(4)31)25-22(18(3)30)16-24(26(32)33-27(5,6)7)29(25)17-21-13-11-10-12-14-21/h10-14,20,22-25H,8-9,15-17H2,1-7H3,(H,28,31)/t22-,23-,24+,25+/m0/s1. The van der Waals surface area contributed by atoms with Gasteiger partial charge in [0.2, 0.25) is 5.91 Å². The lowest BCUT2D eigenvalue weighted by Gasteiger charge is -2.38. The van der Waals surface area contributed by atoms with E-state index in [1.807, 2.05) is 51.1 Å². The van der Waals surface area contributed by atoms with Gasteiger partial charge in [-0.1, -0.05) is 57.0 Å². The molecule has 6 nitrogen and oxygen atoms in total. The summed E-state index contributed by atoms with van der Waals surface area (Å²) in [6.45, 7) is 13.5. The van der Waals surface area contributed by atoms with Crippen LogP contribution in [0, 0.1) is 11.8 Å². The summed E-state index contributed by atoms with van der Waals surface area (Å²) in [4.78, 5) is 40.4. The molecule has 4 atom stereocenters. The van der Waals surface area contributed by atoms with Gasteiger partial charge in [-0.2, -0.15) is 0 Å². The van der Waals surface area contributed by atoms with Crippen molar-refractivity contribution in [3.63, 3.8) is 0 Å². The summed E-state index contributed by atoms with van der Waals surface area (Å²) in [7, 11) is 0. The molecule has 1 heterocycles. The number of likely N-dealkylation sites (tertiary alicyclic amines) is 1. The molecular formula is C27H42N2O4. The van der Waals surface area contributed by atoms with E-state index in [0.717, 1.165) is 24.8 Å². The van der Waals surface area contributed by atoms with Gasteiger partial charge in [0, 0.05) is 31.5 Å². The molecule has 0 bridgehead atoms. The quantitative estimate of drug-likeness (QED) is 0.522. The molecule has 0 aromatic heterocycles. The Morgan fingerprint density at radius 1 is 1.09 bits per heavy atom. The van der Waals surface area contributed by atoms with Crippen molar-refractivity contribution in [2.45, 2.75) is 104 Å². The molecule has 33 heavy (non-hydrogen) atoms. The third-order valence-electron chi connectivity index (χ3n) is 6.62. The molecule has 1 N–H and O–H groups in total. The molecule has 1 aliphatic rings. The summed E-state index contributed by atoms with van der Waals surface area (Å²) in [5.41, 5.74) is 0.440. The van der Waals surface area contributed by atoms with Crippen molar-refractivity contribution >= 4 is 17.7 Å². The van der Waals surface area contributed by atoms with Gasteiger partial charge in [0.15, 0.2) is 0 Å². The second-order valence-corrected chi connectivity index (χ2v) is 10.4. The van der Waals surface area contributed by atoms with Crippen LogP contribution in [0.25, 0.3) is 0 Å². The number of amides is 1. The zero-order chi connectivity index (χ0) is 24.8. The number of esters is 1. The first-order valence-corrected chi connectivity index (χ1v) is 12.3. The van der Waals surface area contributed by atoms with Gasteiger partial charge in [-0.3, -0.25) is 19.3 Å². The highest BCUT2D eigenvalue weighted by molar-refractivity contribution is 5.83. The van der Waals surface area contributed by atoms with Gasteiger partial charge in [-0.15, -0.1) is 0 Å². The fourth-order valence-electron chi connectivity index (χ4n) is 5.01. The Morgan fingerprint density at radius 2 is 1.70 bits per heavy atom. The Labute approximate surface area is 199 Å². The first-order chi connectivity index (χ1) is 15.5. The Morgan fingerprint density at radius 3 is 2.18 bits per heavy atom. The lowest BCUT2D eigenvalue weighted by atomic mass is 9.84. The maximum atomic E-state index is 13.3. The Balaban J connectivity index is 2.51. The first-order valence-electron chi connectivity index (χ1n) is 12.3. The molecule has 2 rings (SSSR count). The Bertz CT molecular complexity index is 798. The van der Waals surface area contributed by atoms with E-state index in [-0.39, 0.29) is 35.7 Å². The summed E-state index contributed by atoms with van der Waals surface area (Å²) in [6.07, 6.45) is 3.17. The van der Waals surface area contributed by atoms with Crippen LogP contribution in [-0.4, -0.2) is 46.3 Å². The molecule has 0 radical (unpaired) electrons. The van der Waals surface area contributed by atoms with Gasteiger partial charge >= 0.3 is 5.97 Å². The van der Waals surface area contributed by atoms with Crippen LogP contribution in [0.5, 0.6) is 0 Å². The van der Waals surface area contributed by atoms with Crippen molar-refractivity contribution in [2.75, 3.05) is 0 Å². The minimum Gasteiger partial charge on any atom is -0.459 e. The topological polar surface area (TPSA) is 75.7 Å². The molecule has 1 aromatic rings. The monoisotopic (exact) mass is 458 g/mol. The third kappa shape index (κ3) is 7.66. The average Bonchev–Trinajstić information content (AvgIpc) is 3.10. The second-order valence-electron chi connectivity index (χ2n) is 10.4. The van der Waals surface area contributed by atoms with Crippen molar-refractivity contribution in [1.82, 2.24) is 10.2 Å². The van der Waals surface area contributed by atoms with Crippen molar-refractivity contribution in [2.24, 2.45) is 11.8 Å². The molecule has 1 saturated heterocycles. The van der Waals surface area contributed by atoms with E-state index in [0.29, 0.717) is 18.9 Å². The van der Waals surface area contributed by atoms with Crippen molar-refractivity contribution in [3.8, 4) is 0 Å². The maximum absolute atomic E-state index is 13.3. The molecule has 1 fully saturated rings. The van der Waals surface area contributed by atoms with Gasteiger partial charge in [0.05, 0.1) is 0 Å². The van der Waals surface area contributed by atoms with E-state index >= 15 is 0 Å². The van der Waals surface area contributed by atoms with E-state index in [1.165, 1.54) is 6.92 Å². The predicted molar refractivity (Wildman–Crippen MR) is 130 cm³/mol. The first kappa shape index (κ1) is 27.0. The molecule has 0 spiro atoms. The van der Waals surface area contributed by atoms with Crippen LogP contribution in [0.2, 0.25) is 0 Å². The lowest BCUT2D eigenvalue weighted by molar-refractivity contribution is -0.161. The highest BCUT2D eigenvalue weighted by Gasteiger charge is 2.50. The van der Waals surface area contributed by atoms with Crippen LogP contribution < -0.4 is 5.32 Å². The normalized spacial score (nSPS) is 22.2. The van der Waals surface area contributed by atoms with E-state index in [1.54, 1.807) is 6.92 Å². The van der Waals surface area contributed by atoms with E-state index in [4.69, 9.17) is 4.74 Å². The zero-order valence-corrected chi connectivity index (χ0v) is 21.4. The molecule has 1 aromatic carbocycles. The van der Waals surface area contributed by atoms with Gasteiger partial charge in [-0.25, -0.2) is 0 Å². The SMILES string of the molecule is CCC(CC)C[C@H](NC(C)=O)[C@H]1[C@H](C(C)=O)C[C@H](C(=O)OC(C)(C)C)N1Cc1ccccc1. The molecule has 0 unspecified atom stereocenters. The number of nitrogens with one attached hydrogen (secondary N) is 1. The summed E-state index contributed by atoms with van der Waals surface area (Å²) < 4.78 is 5.77. The lowest BCUT2D eigenvalue weighted by Crippen LogP contribution is -2.54. The van der Waals surface area contributed by atoms with E-state index in [9.17, 15) is 14.4 Å². The number of Topliss-reactive ketones (excluding diaryl/α,β-unsaturated/α-hetero) is 1. The summed E-state index contributed by atoms with van der Waals surface area (Å²) in [5.74, 6) is -0.306. The number of carbonyl (C=O) groups excluding carboxylic acids is 3. The molecule has 1 amide bonds. The molecule has 0 aliphatic carbocycles. The van der Waals surface area contributed by atoms with Crippen LogP contribution in [-0.2, 0) is 25.7 Å². The van der Waals surface area contributed by atoms with Crippen LogP contribution in [0.4, 0.5) is 0 Å². The average molecular weight is 459 g/mol. The number of carbonyl (C=O) groups is 3. The molecular weight excluding hydrogens is 416 g/mol. The fraction of sp³-hybridized carbons (Fsp3) is 0.667. The Kier molecular flexibility index (Phi) is 9.65. The summed E-state index contributed by atoms with van der Waals surface area (Å²) >= 11 is 0. The summed E-state index contributed by atoms with van der Waals surface area (Å²) in [6, 6.07) is 8.92. The highest BCUT2D eigenvalue weighted by atomic mass is 16.6. The number of rotatable bonds is 10. The minimum absolute atomic E-state index is 0.0454. The predicted octanol–water partition coefficient (Wildman–Crippen LogP) is 4.51. The number of nitrogens with zero attached hydrogens (tertiary/aromatic N) is 1.